The van der Waals surface area contributed by atoms with Gasteiger partial charge in [-0.2, -0.15) is 0 Å². The number of nitrogens with zero attached hydrogens (tertiary/aromatic N) is 2. The van der Waals surface area contributed by atoms with E-state index in [4.69, 9.17) is 9.47 Å². The molecule has 0 saturated carbocycles. The van der Waals surface area contributed by atoms with Crippen molar-refractivity contribution in [2.45, 2.75) is 0 Å². The van der Waals surface area contributed by atoms with E-state index in [2.05, 4.69) is 4.98 Å². The van der Waals surface area contributed by atoms with Gasteiger partial charge in [0.05, 0.1) is 16.9 Å². The van der Waals surface area contributed by atoms with Crippen LogP contribution in [0.5, 0.6) is 11.5 Å². The molecule has 4 aromatic rings. The van der Waals surface area contributed by atoms with E-state index in [9.17, 15) is 53.9 Å². The van der Waals surface area contributed by atoms with Crippen molar-refractivity contribution in [2.75, 3.05) is 49.2 Å². The topological polar surface area (TPSA) is 227 Å². The summed E-state index contributed by atoms with van der Waals surface area (Å²) >= 11 is 0. The fourth-order valence-electron chi connectivity index (χ4n) is 4.75. The van der Waals surface area contributed by atoms with Gasteiger partial charge in [0.1, 0.15) is 56.7 Å². The Morgan fingerprint density at radius 2 is 1.15 bits per heavy atom. The van der Waals surface area contributed by atoms with E-state index < -0.39 is 61.8 Å². The maximum atomic E-state index is 14.1. The van der Waals surface area contributed by atoms with Crippen LogP contribution in [0.2, 0.25) is 0 Å². The fourth-order valence-corrected chi connectivity index (χ4v) is 4.75. The number of aromatic amines is 1. The molecular weight excluding hydrogens is 625 g/mol. The van der Waals surface area contributed by atoms with E-state index >= 15 is 0 Å². The standard InChI is InChI=1S/C31H28FN3O12/c32-20-4-6-24(35(15-29(40)41)16-30(42)43)26(12-20)47-8-7-46-25-11-18(3-5-23(25)34(13-27(36)37)14-28(38)39)21-9-17-1-2-19(31(44)45)10-22(17)33-21/h1-6,9-12,33H,7-8,13-16H2,(H,36,37)(H,38,39)(H,40,41)(H,42,43)(H,44,45). The molecule has 246 valence electrons. The number of rotatable bonds is 17. The zero-order valence-electron chi connectivity index (χ0n) is 24.4. The average Bonchev–Trinajstić information content (AvgIpc) is 3.41. The first-order chi connectivity index (χ1) is 22.3. The summed E-state index contributed by atoms with van der Waals surface area (Å²) in [5.74, 6) is -7.23. The number of nitrogens with one attached hydrogen (secondary N) is 1. The van der Waals surface area contributed by atoms with Gasteiger partial charge in [0, 0.05) is 28.2 Å². The SMILES string of the molecule is O=C(O)CN(CC(=O)O)c1ccc(F)cc1OCCOc1cc(-c2cc3ccc(C(=O)O)cc3[nH]2)ccc1N(CC(=O)O)CC(=O)O. The molecule has 0 spiro atoms. The highest BCUT2D eigenvalue weighted by atomic mass is 19.1. The van der Waals surface area contributed by atoms with Crippen LogP contribution < -0.4 is 19.3 Å². The number of hydrogen-bond acceptors (Lipinski definition) is 9. The Morgan fingerprint density at radius 3 is 1.66 bits per heavy atom. The summed E-state index contributed by atoms with van der Waals surface area (Å²) in [5, 5.41) is 47.3. The summed E-state index contributed by atoms with van der Waals surface area (Å²) in [7, 11) is 0. The van der Waals surface area contributed by atoms with E-state index in [1.165, 1.54) is 30.3 Å². The van der Waals surface area contributed by atoms with Gasteiger partial charge >= 0.3 is 29.8 Å². The van der Waals surface area contributed by atoms with Crippen LogP contribution in [0.3, 0.4) is 0 Å². The maximum Gasteiger partial charge on any atom is 0.335 e. The van der Waals surface area contributed by atoms with Crippen molar-refractivity contribution in [1.29, 1.82) is 0 Å². The molecule has 0 bridgehead atoms. The molecule has 0 atom stereocenters. The molecule has 1 aromatic heterocycles. The molecule has 3 aromatic carbocycles. The van der Waals surface area contributed by atoms with Gasteiger partial charge in [0.25, 0.3) is 0 Å². The lowest BCUT2D eigenvalue weighted by atomic mass is 10.1. The number of H-pyrrole nitrogens is 1. The average molecular weight is 654 g/mol. The molecule has 4 rings (SSSR count). The third-order valence-electron chi connectivity index (χ3n) is 6.65. The molecule has 0 aliphatic rings. The van der Waals surface area contributed by atoms with Gasteiger partial charge in [-0.3, -0.25) is 19.2 Å². The molecule has 0 unspecified atom stereocenters. The number of carboxylic acids is 5. The normalized spacial score (nSPS) is 10.7. The molecule has 16 heteroatoms. The number of ether oxygens (including phenoxy) is 2. The van der Waals surface area contributed by atoms with Crippen molar-refractivity contribution in [3.63, 3.8) is 0 Å². The largest absolute Gasteiger partial charge is 0.488 e. The molecule has 1 heterocycles. The number of aliphatic carboxylic acids is 4. The molecule has 0 radical (unpaired) electrons. The Balaban J connectivity index is 1.63. The predicted octanol–water partition coefficient (Wildman–Crippen LogP) is 3.08. The number of fused-ring (bicyclic) bond motifs is 1. The minimum Gasteiger partial charge on any atom is -0.488 e. The maximum absolute atomic E-state index is 14.1. The van der Waals surface area contributed by atoms with Crippen molar-refractivity contribution in [3.05, 3.63) is 72.0 Å². The first kappa shape index (κ1) is 33.6. The number of hydrogen-bond donors (Lipinski definition) is 6. The minimum atomic E-state index is -1.33. The van der Waals surface area contributed by atoms with Crippen molar-refractivity contribution in [1.82, 2.24) is 4.98 Å². The molecule has 15 nitrogen and oxygen atoms in total. The molecule has 0 fully saturated rings. The van der Waals surface area contributed by atoms with Crippen molar-refractivity contribution >= 4 is 52.1 Å². The number of aromatic carboxylic acids is 1. The third kappa shape index (κ3) is 8.87. The molecule has 6 N–H and O–H groups in total. The summed E-state index contributed by atoms with van der Waals surface area (Å²) < 4.78 is 25.7. The Kier molecular flexibility index (Phi) is 10.5. The Morgan fingerprint density at radius 1 is 0.638 bits per heavy atom. The number of carbonyl (C=O) groups is 5. The molecule has 0 amide bonds. The molecular formula is C31H28FN3O12. The Hall–Kier alpha value is -6.32. The van der Waals surface area contributed by atoms with Crippen LogP contribution in [0.25, 0.3) is 22.2 Å². The number of carboxylic acid groups (broad SMARTS) is 5. The van der Waals surface area contributed by atoms with E-state index in [0.717, 1.165) is 21.9 Å². The van der Waals surface area contributed by atoms with E-state index in [1.54, 1.807) is 18.2 Å². The Bertz CT molecular complexity index is 1810. The number of anilines is 2. The van der Waals surface area contributed by atoms with Gasteiger partial charge < -0.3 is 49.8 Å². The number of halogens is 1. The van der Waals surface area contributed by atoms with Gasteiger partial charge in [-0.1, -0.05) is 12.1 Å². The van der Waals surface area contributed by atoms with Gasteiger partial charge in [-0.25, -0.2) is 9.18 Å². The monoisotopic (exact) mass is 653 g/mol. The lowest BCUT2D eigenvalue weighted by Crippen LogP contribution is -2.35. The molecule has 0 saturated heterocycles. The smallest absolute Gasteiger partial charge is 0.335 e. The second-order valence-corrected chi connectivity index (χ2v) is 10.1. The molecule has 0 aliphatic carbocycles. The third-order valence-corrected chi connectivity index (χ3v) is 6.65. The zero-order chi connectivity index (χ0) is 34.2. The number of benzene rings is 3. The van der Waals surface area contributed by atoms with Crippen molar-refractivity contribution < 1.29 is 63.4 Å². The van der Waals surface area contributed by atoms with Crippen LogP contribution in [0.4, 0.5) is 15.8 Å². The van der Waals surface area contributed by atoms with E-state index in [-0.39, 0.29) is 41.7 Å². The number of aromatic nitrogens is 1. The fraction of sp³-hybridized carbons (Fsp3) is 0.194. The van der Waals surface area contributed by atoms with Gasteiger partial charge in [-0.15, -0.1) is 0 Å². The van der Waals surface area contributed by atoms with Crippen LogP contribution >= 0.6 is 0 Å². The first-order valence-electron chi connectivity index (χ1n) is 13.7. The zero-order valence-corrected chi connectivity index (χ0v) is 24.4. The Labute approximate surface area is 264 Å². The van der Waals surface area contributed by atoms with Crippen LogP contribution in [0.1, 0.15) is 10.4 Å². The predicted molar refractivity (Wildman–Crippen MR) is 163 cm³/mol. The van der Waals surface area contributed by atoms with Gasteiger partial charge in [-0.05, 0) is 42.5 Å². The quantitative estimate of drug-likeness (QED) is 0.0901. The molecule has 47 heavy (non-hydrogen) atoms. The highest BCUT2D eigenvalue weighted by Gasteiger charge is 2.21. The summed E-state index contributed by atoms with van der Waals surface area (Å²) in [4.78, 5) is 62.3. The summed E-state index contributed by atoms with van der Waals surface area (Å²) in [6, 6.07) is 14.0. The second kappa shape index (κ2) is 14.6. The van der Waals surface area contributed by atoms with Crippen LogP contribution in [0, 0.1) is 5.82 Å². The summed E-state index contributed by atoms with van der Waals surface area (Å²) in [6.07, 6.45) is 0. The van der Waals surface area contributed by atoms with E-state index in [1.807, 2.05) is 0 Å². The van der Waals surface area contributed by atoms with E-state index in [0.29, 0.717) is 22.2 Å². The second-order valence-electron chi connectivity index (χ2n) is 10.1. The van der Waals surface area contributed by atoms with Crippen molar-refractivity contribution in [2.24, 2.45) is 0 Å². The van der Waals surface area contributed by atoms with Crippen LogP contribution in [0.15, 0.2) is 60.7 Å². The highest BCUT2D eigenvalue weighted by Crippen LogP contribution is 2.35. The summed E-state index contributed by atoms with van der Waals surface area (Å²) in [6.45, 7) is -3.33. The molecule has 0 aliphatic heterocycles. The van der Waals surface area contributed by atoms with Crippen LogP contribution in [-0.2, 0) is 19.2 Å². The highest BCUT2D eigenvalue weighted by molar-refractivity contribution is 5.95. The minimum absolute atomic E-state index is 0.00200. The lowest BCUT2D eigenvalue weighted by molar-refractivity contribution is -0.138. The first-order valence-corrected chi connectivity index (χ1v) is 13.7. The van der Waals surface area contributed by atoms with Crippen LogP contribution in [-0.4, -0.2) is 99.8 Å². The van der Waals surface area contributed by atoms with Crippen molar-refractivity contribution in [3.8, 4) is 22.8 Å². The van der Waals surface area contributed by atoms with Gasteiger partial charge in [0.2, 0.25) is 0 Å². The lowest BCUT2D eigenvalue weighted by Gasteiger charge is -2.25. The summed E-state index contributed by atoms with van der Waals surface area (Å²) in [5.41, 5.74) is 1.78. The van der Waals surface area contributed by atoms with Gasteiger partial charge in [0.15, 0.2) is 0 Å².